The fourth-order valence-corrected chi connectivity index (χ4v) is 5.63. The summed E-state index contributed by atoms with van der Waals surface area (Å²) in [6.07, 6.45) is -2.64. The minimum absolute atomic E-state index is 0.0171. The Labute approximate surface area is 243 Å². The number of likely N-dealkylation sites (N-methyl/N-ethyl adjacent to an activating group) is 1. The molecule has 0 atom stereocenters. The van der Waals surface area contributed by atoms with Crippen LogP contribution in [0.5, 0.6) is 5.88 Å². The number of amides is 1. The number of benzene rings is 1. The Morgan fingerprint density at radius 3 is 2.29 bits per heavy atom. The van der Waals surface area contributed by atoms with Gasteiger partial charge < -0.3 is 34.6 Å². The lowest BCUT2D eigenvalue weighted by Gasteiger charge is -2.37. The van der Waals surface area contributed by atoms with Crippen molar-refractivity contribution < 1.29 is 23.1 Å². The Balaban J connectivity index is 1.48. The molecular weight excluding hydrogens is 549 g/mol. The van der Waals surface area contributed by atoms with Crippen molar-refractivity contribution in [3.63, 3.8) is 0 Å². The minimum atomic E-state index is -4.44. The van der Waals surface area contributed by atoms with Gasteiger partial charge in [-0.25, -0.2) is 4.98 Å². The van der Waals surface area contributed by atoms with Crippen molar-refractivity contribution in [1.29, 1.82) is 0 Å². The van der Waals surface area contributed by atoms with E-state index < -0.39 is 11.7 Å². The number of piperazine rings is 2. The lowest BCUT2D eigenvalue weighted by atomic mass is 10.1. The topological polar surface area (TPSA) is 93.0 Å². The first-order valence-electron chi connectivity index (χ1n) is 14.5. The lowest BCUT2D eigenvalue weighted by Crippen LogP contribution is -2.48. The Bertz CT molecular complexity index is 1420. The molecule has 228 valence electrons. The van der Waals surface area contributed by atoms with E-state index in [2.05, 4.69) is 17.1 Å². The van der Waals surface area contributed by atoms with Gasteiger partial charge in [0.05, 0.1) is 10.9 Å². The Morgan fingerprint density at radius 2 is 1.69 bits per heavy atom. The standard InChI is InChI=1S/C29H39F3N8O2/c1-5-36-8-10-38(11-9-36)24-16-22(29(30,31)32)7-6-21(24)17-33-26-23-18-40(19(2)3)27(42)25(23)34-28(35-26)39-14-12-37(13-15-39)20(4)41/h6-7,16,18-19,42H,5,8-15,17H2,1-4H3,(H,33,34,35). The van der Waals surface area contributed by atoms with E-state index in [-0.39, 0.29) is 24.4 Å². The van der Waals surface area contributed by atoms with Gasteiger partial charge in [0.1, 0.15) is 11.3 Å². The van der Waals surface area contributed by atoms with E-state index in [4.69, 9.17) is 9.97 Å². The summed E-state index contributed by atoms with van der Waals surface area (Å²) in [5.41, 5.74) is 1.01. The van der Waals surface area contributed by atoms with Crippen LogP contribution in [0.15, 0.2) is 24.4 Å². The van der Waals surface area contributed by atoms with Gasteiger partial charge in [-0.3, -0.25) is 4.79 Å². The van der Waals surface area contributed by atoms with Crippen LogP contribution in [0, 0.1) is 0 Å². The summed E-state index contributed by atoms with van der Waals surface area (Å²) >= 11 is 0. The van der Waals surface area contributed by atoms with Crippen LogP contribution in [0.4, 0.5) is 30.6 Å². The van der Waals surface area contributed by atoms with Crippen molar-refractivity contribution in [2.45, 2.75) is 46.5 Å². The predicted octanol–water partition coefficient (Wildman–Crippen LogP) is 4.16. The molecule has 4 heterocycles. The zero-order chi connectivity index (χ0) is 30.2. The van der Waals surface area contributed by atoms with Gasteiger partial charge in [-0.15, -0.1) is 0 Å². The number of nitrogens with zero attached hydrogens (tertiary/aromatic N) is 7. The third kappa shape index (κ3) is 6.06. The first-order valence-corrected chi connectivity index (χ1v) is 14.5. The van der Waals surface area contributed by atoms with Crippen molar-refractivity contribution in [3.8, 4) is 5.88 Å². The maximum atomic E-state index is 13.7. The van der Waals surface area contributed by atoms with Gasteiger partial charge in [-0.1, -0.05) is 13.0 Å². The number of aromatic nitrogens is 3. The predicted molar refractivity (Wildman–Crippen MR) is 157 cm³/mol. The van der Waals surface area contributed by atoms with Crippen molar-refractivity contribution in [3.05, 3.63) is 35.5 Å². The number of rotatable bonds is 7. The Kier molecular flexibility index (Phi) is 8.40. The third-order valence-corrected chi connectivity index (χ3v) is 8.24. The van der Waals surface area contributed by atoms with E-state index in [9.17, 15) is 23.1 Å². The molecule has 2 aliphatic heterocycles. The van der Waals surface area contributed by atoms with Crippen LogP contribution in [0.1, 0.15) is 44.9 Å². The second-order valence-corrected chi connectivity index (χ2v) is 11.2. The quantitative estimate of drug-likeness (QED) is 0.425. The van der Waals surface area contributed by atoms with E-state index in [0.29, 0.717) is 67.6 Å². The van der Waals surface area contributed by atoms with Crippen molar-refractivity contribution in [2.75, 3.05) is 74.0 Å². The fourth-order valence-electron chi connectivity index (χ4n) is 5.63. The highest BCUT2D eigenvalue weighted by atomic mass is 19.4. The highest BCUT2D eigenvalue weighted by Gasteiger charge is 2.32. The average molecular weight is 589 g/mol. The number of carbonyl (C=O) groups is 1. The summed E-state index contributed by atoms with van der Waals surface area (Å²) in [6.45, 7) is 13.7. The molecule has 5 rings (SSSR count). The third-order valence-electron chi connectivity index (χ3n) is 8.24. The van der Waals surface area contributed by atoms with Crippen LogP contribution < -0.4 is 15.1 Å². The molecule has 1 aromatic carbocycles. The number of carbonyl (C=O) groups excluding carboxylic acids is 1. The molecule has 13 heteroatoms. The van der Waals surface area contributed by atoms with Gasteiger partial charge in [-0.2, -0.15) is 18.2 Å². The van der Waals surface area contributed by atoms with Crippen LogP contribution in [-0.4, -0.2) is 94.3 Å². The van der Waals surface area contributed by atoms with E-state index in [1.54, 1.807) is 22.6 Å². The van der Waals surface area contributed by atoms with Crippen molar-refractivity contribution >= 4 is 34.3 Å². The first kappa shape index (κ1) is 29.7. The highest BCUT2D eigenvalue weighted by molar-refractivity contribution is 5.94. The molecule has 0 aliphatic carbocycles. The van der Waals surface area contributed by atoms with E-state index in [1.165, 1.54) is 12.1 Å². The second-order valence-electron chi connectivity index (χ2n) is 11.2. The number of fused-ring (bicyclic) bond motifs is 1. The summed E-state index contributed by atoms with van der Waals surface area (Å²) in [7, 11) is 0. The maximum Gasteiger partial charge on any atom is 0.416 e. The summed E-state index contributed by atoms with van der Waals surface area (Å²) < 4.78 is 42.8. The summed E-state index contributed by atoms with van der Waals surface area (Å²) in [5, 5.41) is 15.0. The summed E-state index contributed by atoms with van der Waals surface area (Å²) in [5.74, 6) is 0.954. The second kappa shape index (κ2) is 11.9. The monoisotopic (exact) mass is 588 g/mol. The van der Waals surface area contributed by atoms with Crippen LogP contribution in [-0.2, 0) is 17.5 Å². The SMILES string of the molecule is CCN1CCN(c2cc(C(F)(F)F)ccc2CNc2nc(N3CCN(C(C)=O)CC3)nc3c(O)n(C(C)C)cc23)CC1. The molecule has 10 nitrogen and oxygen atoms in total. The molecule has 2 aromatic heterocycles. The number of hydrogen-bond donors (Lipinski definition) is 2. The van der Waals surface area contributed by atoms with E-state index in [1.807, 2.05) is 23.6 Å². The maximum absolute atomic E-state index is 13.7. The van der Waals surface area contributed by atoms with E-state index in [0.717, 1.165) is 31.3 Å². The zero-order valence-electron chi connectivity index (χ0n) is 24.6. The number of aromatic hydroxyl groups is 1. The zero-order valence-corrected chi connectivity index (χ0v) is 24.6. The molecular formula is C29H39F3N8O2. The number of anilines is 3. The lowest BCUT2D eigenvalue weighted by molar-refractivity contribution is -0.137. The van der Waals surface area contributed by atoms with Crippen LogP contribution >= 0.6 is 0 Å². The Hall–Kier alpha value is -3.74. The fraction of sp³-hybridized carbons (Fsp3) is 0.552. The van der Waals surface area contributed by atoms with Gasteiger partial charge in [-0.05, 0) is 38.1 Å². The molecule has 0 spiro atoms. The van der Waals surface area contributed by atoms with E-state index >= 15 is 0 Å². The largest absolute Gasteiger partial charge is 0.493 e. The summed E-state index contributed by atoms with van der Waals surface area (Å²) in [6, 6.07) is 3.88. The van der Waals surface area contributed by atoms with Gasteiger partial charge in [0.25, 0.3) is 0 Å². The molecule has 2 fully saturated rings. The van der Waals surface area contributed by atoms with Crippen LogP contribution in [0.3, 0.4) is 0 Å². The molecule has 0 unspecified atom stereocenters. The number of alkyl halides is 3. The number of nitrogens with one attached hydrogen (secondary N) is 1. The molecule has 2 N–H and O–H groups in total. The highest BCUT2D eigenvalue weighted by Crippen LogP contribution is 2.36. The van der Waals surface area contributed by atoms with Crippen LogP contribution in [0.25, 0.3) is 10.9 Å². The summed E-state index contributed by atoms with van der Waals surface area (Å²) in [4.78, 5) is 29.4. The normalized spacial score (nSPS) is 17.0. The molecule has 2 saturated heterocycles. The molecule has 1 amide bonds. The van der Waals surface area contributed by atoms with Gasteiger partial charge in [0.15, 0.2) is 0 Å². The molecule has 2 aliphatic rings. The van der Waals surface area contributed by atoms with Crippen molar-refractivity contribution in [2.24, 2.45) is 0 Å². The van der Waals surface area contributed by atoms with Crippen molar-refractivity contribution in [1.82, 2.24) is 24.3 Å². The Morgan fingerprint density at radius 1 is 1.02 bits per heavy atom. The van der Waals surface area contributed by atoms with Crippen LogP contribution in [0.2, 0.25) is 0 Å². The smallest absolute Gasteiger partial charge is 0.416 e. The van der Waals surface area contributed by atoms with Gasteiger partial charge >= 0.3 is 6.18 Å². The minimum Gasteiger partial charge on any atom is -0.493 e. The molecule has 0 bridgehead atoms. The van der Waals surface area contributed by atoms with Gasteiger partial charge in [0.2, 0.25) is 17.7 Å². The average Bonchev–Trinajstić information content (AvgIpc) is 3.32. The first-order chi connectivity index (χ1) is 20.0. The van der Waals surface area contributed by atoms with Gasteiger partial charge in [0, 0.05) is 83.8 Å². The molecule has 0 radical (unpaired) electrons. The molecule has 42 heavy (non-hydrogen) atoms. The molecule has 3 aromatic rings. The number of hydrogen-bond acceptors (Lipinski definition) is 8. The molecule has 0 saturated carbocycles. The number of halogens is 3.